The number of hydrogen-bond acceptors (Lipinski definition) is 2. The van der Waals surface area contributed by atoms with Gasteiger partial charge in [0.15, 0.2) is 0 Å². The first-order valence-electron chi connectivity index (χ1n) is 8.30. The molecule has 0 aromatic heterocycles. The van der Waals surface area contributed by atoms with Crippen molar-refractivity contribution in [3.05, 3.63) is 33.8 Å². The Morgan fingerprint density at radius 3 is 2.62 bits per heavy atom. The summed E-state index contributed by atoms with van der Waals surface area (Å²) in [4.78, 5) is 26.4. The quantitative estimate of drug-likeness (QED) is 0.870. The van der Waals surface area contributed by atoms with E-state index < -0.39 is 5.54 Å². The maximum Gasteiger partial charge on any atom is 0.225 e. The molecule has 1 saturated heterocycles. The van der Waals surface area contributed by atoms with Crippen molar-refractivity contribution >= 4 is 35.0 Å². The van der Waals surface area contributed by atoms with E-state index in [0.717, 1.165) is 24.9 Å². The van der Waals surface area contributed by atoms with Gasteiger partial charge >= 0.3 is 0 Å². The first-order chi connectivity index (χ1) is 11.2. The second-order valence-corrected chi connectivity index (χ2v) is 7.59. The number of rotatable bonds is 4. The standard InChI is InChI=1S/C18H24Cl2N2O2/c1-4-16(23)22-9-5-6-12(11-22)17(24)21-18(2,3)13-7-8-14(19)15(20)10-13/h7-8,10,12H,4-6,9,11H2,1-3H3,(H,21,24). The van der Waals surface area contributed by atoms with Crippen LogP contribution in [-0.4, -0.2) is 29.8 Å². The van der Waals surface area contributed by atoms with Gasteiger partial charge in [0.2, 0.25) is 11.8 Å². The van der Waals surface area contributed by atoms with Crippen molar-refractivity contribution < 1.29 is 9.59 Å². The van der Waals surface area contributed by atoms with Crippen molar-refractivity contribution in [3.63, 3.8) is 0 Å². The highest BCUT2D eigenvalue weighted by Crippen LogP contribution is 2.29. The van der Waals surface area contributed by atoms with Crippen molar-refractivity contribution in [2.75, 3.05) is 13.1 Å². The maximum atomic E-state index is 12.7. The molecule has 1 heterocycles. The number of halogens is 2. The van der Waals surface area contributed by atoms with Crippen LogP contribution in [0.3, 0.4) is 0 Å². The van der Waals surface area contributed by atoms with Crippen LogP contribution in [0.15, 0.2) is 18.2 Å². The molecule has 0 saturated carbocycles. The Labute approximate surface area is 153 Å². The van der Waals surface area contributed by atoms with Gasteiger partial charge in [0, 0.05) is 19.5 Å². The number of likely N-dealkylation sites (tertiary alicyclic amines) is 1. The molecule has 4 nitrogen and oxygen atoms in total. The van der Waals surface area contributed by atoms with E-state index in [-0.39, 0.29) is 17.7 Å². The average molecular weight is 371 g/mol. The number of nitrogens with one attached hydrogen (secondary N) is 1. The van der Waals surface area contributed by atoms with E-state index in [1.807, 2.05) is 26.8 Å². The minimum Gasteiger partial charge on any atom is -0.347 e. The molecule has 2 rings (SSSR count). The molecule has 24 heavy (non-hydrogen) atoms. The Bertz CT molecular complexity index is 631. The molecule has 2 amide bonds. The summed E-state index contributed by atoms with van der Waals surface area (Å²) in [6, 6.07) is 5.37. The molecule has 0 spiro atoms. The number of carbonyl (C=O) groups excluding carboxylic acids is 2. The average Bonchev–Trinajstić information content (AvgIpc) is 2.56. The smallest absolute Gasteiger partial charge is 0.225 e. The molecule has 0 bridgehead atoms. The van der Waals surface area contributed by atoms with Crippen LogP contribution in [0, 0.1) is 5.92 Å². The van der Waals surface area contributed by atoms with Crippen molar-refractivity contribution in [1.82, 2.24) is 10.2 Å². The molecule has 1 unspecified atom stereocenters. The van der Waals surface area contributed by atoms with Crippen LogP contribution in [-0.2, 0) is 15.1 Å². The summed E-state index contributed by atoms with van der Waals surface area (Å²) in [6.07, 6.45) is 2.14. The number of benzene rings is 1. The van der Waals surface area contributed by atoms with Gasteiger partial charge in [0.1, 0.15) is 0 Å². The van der Waals surface area contributed by atoms with Gasteiger partial charge in [-0.3, -0.25) is 9.59 Å². The van der Waals surface area contributed by atoms with Gasteiger partial charge in [0.25, 0.3) is 0 Å². The van der Waals surface area contributed by atoms with E-state index in [2.05, 4.69) is 5.32 Å². The fourth-order valence-electron chi connectivity index (χ4n) is 3.01. The molecule has 6 heteroatoms. The van der Waals surface area contributed by atoms with E-state index in [4.69, 9.17) is 23.2 Å². The summed E-state index contributed by atoms with van der Waals surface area (Å²) >= 11 is 12.0. The number of hydrogen-bond donors (Lipinski definition) is 1. The summed E-state index contributed by atoms with van der Waals surface area (Å²) in [5.74, 6) is -0.0905. The third-order valence-electron chi connectivity index (χ3n) is 4.52. The highest BCUT2D eigenvalue weighted by molar-refractivity contribution is 6.42. The minimum absolute atomic E-state index is 0.0281. The molecule has 1 aliphatic heterocycles. The van der Waals surface area contributed by atoms with Crippen LogP contribution in [0.1, 0.15) is 45.6 Å². The summed E-state index contributed by atoms with van der Waals surface area (Å²) in [5.41, 5.74) is 0.324. The zero-order chi connectivity index (χ0) is 17.9. The Balaban J connectivity index is 2.06. The van der Waals surface area contributed by atoms with Crippen LogP contribution >= 0.6 is 23.2 Å². The molecule has 1 aliphatic rings. The molecule has 1 aromatic rings. The fourth-order valence-corrected chi connectivity index (χ4v) is 3.31. The number of carbonyl (C=O) groups is 2. The van der Waals surface area contributed by atoms with Gasteiger partial charge in [-0.15, -0.1) is 0 Å². The summed E-state index contributed by atoms with van der Waals surface area (Å²) in [7, 11) is 0. The van der Waals surface area contributed by atoms with Crippen LogP contribution < -0.4 is 5.32 Å². The van der Waals surface area contributed by atoms with Gasteiger partial charge in [-0.2, -0.15) is 0 Å². The Hall–Kier alpha value is -1.26. The second-order valence-electron chi connectivity index (χ2n) is 6.78. The minimum atomic E-state index is -0.567. The van der Waals surface area contributed by atoms with Crippen molar-refractivity contribution in [2.45, 2.75) is 45.6 Å². The Kier molecular flexibility index (Phi) is 6.16. The molecule has 1 fully saturated rings. The zero-order valence-corrected chi connectivity index (χ0v) is 15.9. The van der Waals surface area contributed by atoms with E-state index in [1.54, 1.807) is 17.0 Å². The highest BCUT2D eigenvalue weighted by Gasteiger charge is 2.31. The normalized spacial score (nSPS) is 18.4. The largest absolute Gasteiger partial charge is 0.347 e. The van der Waals surface area contributed by atoms with Gasteiger partial charge in [-0.25, -0.2) is 0 Å². The van der Waals surface area contributed by atoms with Crippen molar-refractivity contribution in [1.29, 1.82) is 0 Å². The van der Waals surface area contributed by atoms with Crippen LogP contribution in [0.2, 0.25) is 10.0 Å². The van der Waals surface area contributed by atoms with Crippen molar-refractivity contribution in [2.24, 2.45) is 5.92 Å². The van der Waals surface area contributed by atoms with Crippen molar-refractivity contribution in [3.8, 4) is 0 Å². The lowest BCUT2D eigenvalue weighted by atomic mass is 9.91. The SMILES string of the molecule is CCC(=O)N1CCCC(C(=O)NC(C)(C)c2ccc(Cl)c(Cl)c2)C1. The molecule has 0 aliphatic carbocycles. The Morgan fingerprint density at radius 1 is 1.29 bits per heavy atom. The molecule has 1 atom stereocenters. The summed E-state index contributed by atoms with van der Waals surface area (Å²) in [6.45, 7) is 6.95. The molecule has 1 N–H and O–H groups in total. The van der Waals surface area contributed by atoms with E-state index in [9.17, 15) is 9.59 Å². The second kappa shape index (κ2) is 7.75. The molecular formula is C18H24Cl2N2O2. The Morgan fingerprint density at radius 2 is 2.00 bits per heavy atom. The lowest BCUT2D eigenvalue weighted by Crippen LogP contribution is -2.49. The number of piperidine rings is 1. The molecular weight excluding hydrogens is 347 g/mol. The van der Waals surface area contributed by atoms with Gasteiger partial charge in [-0.05, 0) is 44.4 Å². The number of amides is 2. The van der Waals surface area contributed by atoms with Crippen LogP contribution in [0.4, 0.5) is 0 Å². The fraction of sp³-hybridized carbons (Fsp3) is 0.556. The van der Waals surface area contributed by atoms with Gasteiger partial charge in [-0.1, -0.05) is 36.2 Å². The lowest BCUT2D eigenvalue weighted by molar-refractivity contribution is -0.136. The van der Waals surface area contributed by atoms with Crippen LogP contribution in [0.25, 0.3) is 0 Å². The first-order valence-corrected chi connectivity index (χ1v) is 9.05. The third kappa shape index (κ3) is 4.42. The lowest BCUT2D eigenvalue weighted by Gasteiger charge is -2.35. The van der Waals surface area contributed by atoms with Crippen LogP contribution in [0.5, 0.6) is 0 Å². The first kappa shape index (κ1) is 19.1. The molecule has 132 valence electrons. The topological polar surface area (TPSA) is 49.4 Å². The zero-order valence-electron chi connectivity index (χ0n) is 14.4. The number of nitrogens with zero attached hydrogens (tertiary/aromatic N) is 1. The van der Waals surface area contributed by atoms with Gasteiger partial charge in [0.05, 0.1) is 21.5 Å². The third-order valence-corrected chi connectivity index (χ3v) is 5.26. The molecule has 0 radical (unpaired) electrons. The summed E-state index contributed by atoms with van der Waals surface area (Å²) in [5, 5.41) is 4.04. The molecule has 1 aromatic carbocycles. The maximum absolute atomic E-state index is 12.7. The predicted molar refractivity (Wildman–Crippen MR) is 97.2 cm³/mol. The van der Waals surface area contributed by atoms with E-state index >= 15 is 0 Å². The predicted octanol–water partition coefficient (Wildman–Crippen LogP) is 3.99. The summed E-state index contributed by atoms with van der Waals surface area (Å²) < 4.78 is 0. The van der Waals surface area contributed by atoms with E-state index in [0.29, 0.717) is 23.0 Å². The monoisotopic (exact) mass is 370 g/mol. The van der Waals surface area contributed by atoms with E-state index in [1.165, 1.54) is 0 Å². The highest BCUT2D eigenvalue weighted by atomic mass is 35.5. The van der Waals surface area contributed by atoms with Gasteiger partial charge < -0.3 is 10.2 Å².